The van der Waals surface area contributed by atoms with Crippen molar-refractivity contribution in [2.45, 2.75) is 64.3 Å². The van der Waals surface area contributed by atoms with Gasteiger partial charge in [-0.1, -0.05) is 41.9 Å². The Labute approximate surface area is 274 Å². The lowest BCUT2D eigenvalue weighted by atomic mass is 10.1. The van der Waals surface area contributed by atoms with Crippen LogP contribution in [0.2, 0.25) is 5.02 Å². The molecular formula is C34H41ClN6O5. The molecule has 12 heteroatoms. The van der Waals surface area contributed by atoms with Crippen molar-refractivity contribution in [3.8, 4) is 23.0 Å². The number of benzene rings is 2. The summed E-state index contributed by atoms with van der Waals surface area (Å²) >= 11 is 6.89. The molecule has 0 unspecified atom stereocenters. The molecule has 1 amide bonds. The molecule has 0 radical (unpaired) electrons. The van der Waals surface area contributed by atoms with Crippen molar-refractivity contribution in [1.29, 1.82) is 0 Å². The topological polar surface area (TPSA) is 115 Å². The molecule has 0 spiro atoms. The van der Waals surface area contributed by atoms with E-state index in [0.717, 1.165) is 24.0 Å². The van der Waals surface area contributed by atoms with Crippen LogP contribution in [0.25, 0.3) is 22.6 Å². The van der Waals surface area contributed by atoms with Gasteiger partial charge >= 0.3 is 6.09 Å². The Balaban J connectivity index is 1.16. The van der Waals surface area contributed by atoms with Crippen LogP contribution in [-0.2, 0) is 11.3 Å². The van der Waals surface area contributed by atoms with Gasteiger partial charge < -0.3 is 28.8 Å². The Hall–Kier alpha value is -3.93. The third kappa shape index (κ3) is 7.37. The maximum Gasteiger partial charge on any atom is 0.410 e. The lowest BCUT2D eigenvalue weighted by Gasteiger charge is -2.40. The van der Waals surface area contributed by atoms with Gasteiger partial charge in [-0.05, 0) is 64.3 Å². The number of ether oxygens (including phenoxy) is 3. The first-order valence-corrected chi connectivity index (χ1v) is 16.1. The number of piperazine rings is 1. The van der Waals surface area contributed by atoms with Gasteiger partial charge in [0.1, 0.15) is 35.7 Å². The molecular weight excluding hydrogens is 608 g/mol. The van der Waals surface area contributed by atoms with Crippen LogP contribution in [0.3, 0.4) is 0 Å². The summed E-state index contributed by atoms with van der Waals surface area (Å²) in [7, 11) is 0. The van der Waals surface area contributed by atoms with E-state index < -0.39 is 11.7 Å². The number of aromatic nitrogens is 4. The Morgan fingerprint density at radius 1 is 1.11 bits per heavy atom. The van der Waals surface area contributed by atoms with Crippen molar-refractivity contribution < 1.29 is 24.1 Å². The molecule has 46 heavy (non-hydrogen) atoms. The average molecular weight is 649 g/mol. The molecule has 2 aromatic carbocycles. The van der Waals surface area contributed by atoms with Gasteiger partial charge in [-0.15, -0.1) is 0 Å². The number of halogens is 1. The highest BCUT2D eigenvalue weighted by molar-refractivity contribution is 6.33. The van der Waals surface area contributed by atoms with E-state index in [9.17, 15) is 9.90 Å². The van der Waals surface area contributed by atoms with Crippen molar-refractivity contribution in [2.75, 3.05) is 39.4 Å². The molecule has 1 saturated heterocycles. The number of rotatable bonds is 10. The molecule has 4 aromatic rings. The largest absolute Gasteiger partial charge is 0.492 e. The molecule has 244 valence electrons. The number of fused-ring (bicyclic) bond motifs is 1. The Kier molecular flexibility index (Phi) is 9.09. The van der Waals surface area contributed by atoms with E-state index >= 15 is 0 Å². The fourth-order valence-electron chi connectivity index (χ4n) is 5.52. The second kappa shape index (κ2) is 13.1. The minimum absolute atomic E-state index is 0.138. The number of nitrogens with zero attached hydrogens (tertiary/aromatic N) is 6. The van der Waals surface area contributed by atoms with Crippen LogP contribution in [-0.4, -0.2) is 97.2 Å². The molecule has 1 saturated carbocycles. The van der Waals surface area contributed by atoms with Crippen molar-refractivity contribution >= 4 is 28.9 Å². The molecule has 1 atom stereocenters. The number of carbonyl (C=O) groups excluding carboxylic acids is 1. The summed E-state index contributed by atoms with van der Waals surface area (Å²) < 4.78 is 19.9. The standard InChI is InChI=1S/C34H41ClN6O5/c1-33(2,3)46-32(43)40-15-14-39(20-24(40)21-42)16-17-44-25-10-11-26(27(35)18-25)29-38-28-30(41(29)19-23-8-6-5-7-9-23)36-22-37-31(28)45-34(4)12-13-34/h5-11,18,22,24,42H,12-17,19-21H2,1-4H3/t24-/m1/s1. The first-order chi connectivity index (χ1) is 22.0. The monoisotopic (exact) mass is 648 g/mol. The van der Waals surface area contributed by atoms with Crippen LogP contribution in [0.4, 0.5) is 4.79 Å². The van der Waals surface area contributed by atoms with E-state index in [-0.39, 0.29) is 18.2 Å². The molecule has 1 aliphatic carbocycles. The van der Waals surface area contributed by atoms with Gasteiger partial charge in [-0.25, -0.2) is 14.8 Å². The average Bonchev–Trinajstić information content (AvgIpc) is 3.64. The first-order valence-electron chi connectivity index (χ1n) is 15.7. The summed E-state index contributed by atoms with van der Waals surface area (Å²) in [5.74, 6) is 1.78. The molecule has 2 aliphatic rings. The smallest absolute Gasteiger partial charge is 0.410 e. The predicted octanol–water partition coefficient (Wildman–Crippen LogP) is 5.42. The number of hydrogen-bond acceptors (Lipinski definition) is 9. The third-order valence-corrected chi connectivity index (χ3v) is 8.56. The van der Waals surface area contributed by atoms with E-state index in [0.29, 0.717) is 73.0 Å². The van der Waals surface area contributed by atoms with E-state index in [4.69, 9.17) is 30.8 Å². The summed E-state index contributed by atoms with van der Waals surface area (Å²) in [5.41, 5.74) is 2.32. The number of aliphatic hydroxyl groups is 1. The molecule has 3 heterocycles. The van der Waals surface area contributed by atoms with Crippen molar-refractivity contribution in [2.24, 2.45) is 0 Å². The van der Waals surface area contributed by atoms with Crippen LogP contribution < -0.4 is 9.47 Å². The van der Waals surface area contributed by atoms with Crippen molar-refractivity contribution in [1.82, 2.24) is 29.3 Å². The van der Waals surface area contributed by atoms with Crippen LogP contribution in [0.15, 0.2) is 54.9 Å². The molecule has 0 bridgehead atoms. The van der Waals surface area contributed by atoms with Gasteiger partial charge in [-0.3, -0.25) is 4.90 Å². The molecule has 2 aromatic heterocycles. The SMILES string of the molecule is CC(C)(C)OC(=O)N1CCN(CCOc2ccc(-c3nc4c(OC5(C)CC5)ncnc4n3Cc3ccccc3)c(Cl)c2)C[C@@H]1CO. The van der Waals surface area contributed by atoms with Crippen molar-refractivity contribution in [3.63, 3.8) is 0 Å². The maximum absolute atomic E-state index is 12.6. The van der Waals surface area contributed by atoms with E-state index in [1.165, 1.54) is 6.33 Å². The maximum atomic E-state index is 12.6. The molecule has 1 aliphatic heterocycles. The summed E-state index contributed by atoms with van der Waals surface area (Å²) in [6.45, 7) is 10.7. The quantitative estimate of drug-likeness (QED) is 0.241. The lowest BCUT2D eigenvalue weighted by molar-refractivity contribution is -0.0128. The van der Waals surface area contributed by atoms with Gasteiger partial charge in [-0.2, -0.15) is 4.98 Å². The number of amides is 1. The number of aliphatic hydroxyl groups excluding tert-OH is 1. The van der Waals surface area contributed by atoms with Crippen LogP contribution in [0.1, 0.15) is 46.1 Å². The fraction of sp³-hybridized carbons (Fsp3) is 0.471. The normalized spacial score (nSPS) is 18.0. The van der Waals surface area contributed by atoms with Gasteiger partial charge in [0, 0.05) is 31.7 Å². The fourth-order valence-corrected chi connectivity index (χ4v) is 5.78. The van der Waals surface area contributed by atoms with Crippen LogP contribution >= 0.6 is 11.6 Å². The van der Waals surface area contributed by atoms with E-state index in [2.05, 4.69) is 33.9 Å². The van der Waals surface area contributed by atoms with Gasteiger partial charge in [0.2, 0.25) is 5.88 Å². The van der Waals surface area contributed by atoms with Crippen LogP contribution in [0.5, 0.6) is 11.6 Å². The second-order valence-corrected chi connectivity index (χ2v) is 13.6. The van der Waals surface area contributed by atoms with Gasteiger partial charge in [0.25, 0.3) is 0 Å². The highest BCUT2D eigenvalue weighted by Crippen LogP contribution is 2.41. The Morgan fingerprint density at radius 3 is 2.59 bits per heavy atom. The highest BCUT2D eigenvalue weighted by atomic mass is 35.5. The minimum atomic E-state index is -0.590. The summed E-state index contributed by atoms with van der Waals surface area (Å²) in [5, 5.41) is 10.5. The summed E-state index contributed by atoms with van der Waals surface area (Å²) in [4.78, 5) is 30.4. The predicted molar refractivity (Wildman–Crippen MR) is 175 cm³/mol. The van der Waals surface area contributed by atoms with E-state index in [1.807, 2.05) is 55.7 Å². The zero-order chi connectivity index (χ0) is 32.5. The summed E-state index contributed by atoms with van der Waals surface area (Å²) in [6.07, 6.45) is 3.08. The molecule has 11 nitrogen and oxygen atoms in total. The highest BCUT2D eigenvalue weighted by Gasteiger charge is 2.41. The zero-order valence-corrected chi connectivity index (χ0v) is 27.5. The van der Waals surface area contributed by atoms with Gasteiger partial charge in [0.15, 0.2) is 11.2 Å². The first kappa shape index (κ1) is 32.0. The Bertz CT molecular complexity index is 1690. The summed E-state index contributed by atoms with van der Waals surface area (Å²) in [6, 6.07) is 15.4. The van der Waals surface area contributed by atoms with Crippen LogP contribution in [0, 0.1) is 0 Å². The number of imidazole rings is 1. The number of hydrogen-bond donors (Lipinski definition) is 1. The minimum Gasteiger partial charge on any atom is -0.492 e. The molecule has 2 fully saturated rings. The third-order valence-electron chi connectivity index (χ3n) is 8.24. The van der Waals surface area contributed by atoms with Gasteiger partial charge in [0.05, 0.1) is 24.2 Å². The molecule has 1 N–H and O–H groups in total. The van der Waals surface area contributed by atoms with E-state index in [1.54, 1.807) is 11.0 Å². The molecule has 6 rings (SSSR count). The van der Waals surface area contributed by atoms with Crippen molar-refractivity contribution in [3.05, 3.63) is 65.4 Å². The Morgan fingerprint density at radius 2 is 1.89 bits per heavy atom. The number of carbonyl (C=O) groups is 1. The second-order valence-electron chi connectivity index (χ2n) is 13.2. The lowest BCUT2D eigenvalue weighted by Crippen LogP contribution is -2.57. The zero-order valence-electron chi connectivity index (χ0n) is 26.8.